The summed E-state index contributed by atoms with van der Waals surface area (Å²) < 4.78 is 0. The first-order valence-corrected chi connectivity index (χ1v) is 13.9. The summed E-state index contributed by atoms with van der Waals surface area (Å²) in [4.78, 5) is 10.00. The number of aromatic nitrogens is 2. The van der Waals surface area contributed by atoms with Crippen molar-refractivity contribution >= 4 is 32.8 Å². The maximum Gasteiger partial charge on any atom is 0.0991 e. The summed E-state index contributed by atoms with van der Waals surface area (Å²) in [6.07, 6.45) is 0. The third-order valence-electron chi connectivity index (χ3n) is 8.66. The van der Waals surface area contributed by atoms with E-state index in [1.165, 1.54) is 38.8 Å². The van der Waals surface area contributed by atoms with E-state index in [-0.39, 0.29) is 5.41 Å². The second kappa shape index (κ2) is 8.58. The lowest BCUT2D eigenvalue weighted by atomic mass is 9.81. The van der Waals surface area contributed by atoms with Gasteiger partial charge in [0.2, 0.25) is 0 Å². The van der Waals surface area contributed by atoms with Crippen molar-refractivity contribution in [2.45, 2.75) is 19.3 Å². The number of nitrogens with zero attached hydrogens (tertiary/aromatic N) is 3. The van der Waals surface area contributed by atoms with Crippen molar-refractivity contribution in [3.8, 4) is 39.4 Å². The zero-order valence-electron chi connectivity index (χ0n) is 22.8. The van der Waals surface area contributed by atoms with Crippen LogP contribution in [0.25, 0.3) is 66.2 Å². The van der Waals surface area contributed by atoms with Gasteiger partial charge in [-0.2, -0.15) is 5.26 Å². The van der Waals surface area contributed by atoms with E-state index in [0.29, 0.717) is 5.56 Å². The highest BCUT2D eigenvalue weighted by molar-refractivity contribution is 6.12. The second-order valence-electron chi connectivity index (χ2n) is 11.4. The van der Waals surface area contributed by atoms with Crippen molar-refractivity contribution in [3.63, 3.8) is 0 Å². The van der Waals surface area contributed by atoms with Gasteiger partial charge in [0.05, 0.1) is 33.7 Å². The molecule has 3 heteroatoms. The van der Waals surface area contributed by atoms with E-state index < -0.39 is 0 Å². The molecule has 0 N–H and O–H groups in total. The summed E-state index contributed by atoms with van der Waals surface area (Å²) >= 11 is 0. The van der Waals surface area contributed by atoms with Gasteiger partial charge in [-0.25, -0.2) is 9.97 Å². The molecule has 1 aliphatic carbocycles. The minimum Gasteiger partial charge on any atom is -0.244 e. The second-order valence-corrected chi connectivity index (χ2v) is 11.4. The molecule has 0 unspecified atom stereocenters. The van der Waals surface area contributed by atoms with Crippen LogP contribution in [0.3, 0.4) is 0 Å². The molecule has 0 saturated carbocycles. The van der Waals surface area contributed by atoms with Crippen LogP contribution in [-0.4, -0.2) is 9.97 Å². The normalized spacial score (nSPS) is 13.3. The number of benzene rings is 6. The van der Waals surface area contributed by atoms with Crippen LogP contribution in [0.1, 0.15) is 30.5 Å². The molecule has 0 aliphatic heterocycles. The van der Waals surface area contributed by atoms with Crippen LogP contribution in [0, 0.1) is 11.3 Å². The van der Waals surface area contributed by atoms with Crippen LogP contribution >= 0.6 is 0 Å². The monoisotopic (exact) mass is 523 g/mol. The fourth-order valence-corrected chi connectivity index (χ4v) is 6.54. The van der Waals surface area contributed by atoms with Gasteiger partial charge in [0.25, 0.3) is 0 Å². The molecule has 1 heterocycles. The molecule has 192 valence electrons. The van der Waals surface area contributed by atoms with Gasteiger partial charge >= 0.3 is 0 Å². The maximum absolute atomic E-state index is 9.48. The van der Waals surface area contributed by atoms with E-state index in [2.05, 4.69) is 98.8 Å². The standard InChI is InChI=1S/C38H25N3/c1-38(2)32-18-23(22-39)14-16-28(32)29-17-15-25(20-33(29)38)24-8-7-9-26(19-24)31-21-36-37(30-11-4-3-10-27(30)31)41-35-13-6-5-12-34(35)40-36/h3-21H,1-2H3. The molecule has 7 aromatic rings. The lowest BCUT2D eigenvalue weighted by Crippen LogP contribution is -2.15. The number of para-hydroxylation sites is 2. The molecule has 0 saturated heterocycles. The topological polar surface area (TPSA) is 49.6 Å². The Morgan fingerprint density at radius 2 is 1.20 bits per heavy atom. The molecule has 1 aliphatic rings. The zero-order valence-corrected chi connectivity index (χ0v) is 22.8. The van der Waals surface area contributed by atoms with Gasteiger partial charge in [-0.05, 0) is 92.4 Å². The molecule has 41 heavy (non-hydrogen) atoms. The Hall–Kier alpha value is -5.33. The van der Waals surface area contributed by atoms with E-state index in [1.807, 2.05) is 36.4 Å². The van der Waals surface area contributed by atoms with Crippen molar-refractivity contribution in [3.05, 3.63) is 132 Å². The van der Waals surface area contributed by atoms with Gasteiger partial charge in [0, 0.05) is 10.8 Å². The van der Waals surface area contributed by atoms with E-state index >= 15 is 0 Å². The van der Waals surface area contributed by atoms with Gasteiger partial charge in [0.15, 0.2) is 0 Å². The van der Waals surface area contributed by atoms with E-state index in [1.54, 1.807) is 0 Å². The zero-order chi connectivity index (χ0) is 27.7. The average Bonchev–Trinajstić information content (AvgIpc) is 3.25. The molecule has 0 amide bonds. The van der Waals surface area contributed by atoms with Crippen LogP contribution < -0.4 is 0 Å². The number of fused-ring (bicyclic) bond motifs is 7. The Labute approximate surface area is 238 Å². The first-order chi connectivity index (χ1) is 20.0. The molecule has 3 nitrogen and oxygen atoms in total. The molecule has 1 aromatic heterocycles. The molecule has 6 aromatic carbocycles. The van der Waals surface area contributed by atoms with Crippen molar-refractivity contribution < 1.29 is 0 Å². The summed E-state index contributed by atoms with van der Waals surface area (Å²) in [6.45, 7) is 4.51. The van der Waals surface area contributed by atoms with Crippen molar-refractivity contribution in [2.24, 2.45) is 0 Å². The Balaban J connectivity index is 1.29. The molecule has 0 spiro atoms. The van der Waals surface area contributed by atoms with Crippen LogP contribution in [0.2, 0.25) is 0 Å². The van der Waals surface area contributed by atoms with Gasteiger partial charge in [-0.1, -0.05) is 86.6 Å². The van der Waals surface area contributed by atoms with Crippen LogP contribution in [0.4, 0.5) is 0 Å². The lowest BCUT2D eigenvalue weighted by molar-refractivity contribution is 0.660. The molecular weight excluding hydrogens is 498 g/mol. The van der Waals surface area contributed by atoms with Gasteiger partial charge < -0.3 is 0 Å². The fourth-order valence-electron chi connectivity index (χ4n) is 6.54. The molecule has 0 fully saturated rings. The number of rotatable bonds is 2. The number of nitriles is 1. The van der Waals surface area contributed by atoms with E-state index in [4.69, 9.17) is 9.97 Å². The SMILES string of the molecule is CC1(C)c2cc(C#N)ccc2-c2ccc(-c3cccc(-c4cc5nc6ccccc6nc5c5ccccc45)c3)cc21. The van der Waals surface area contributed by atoms with E-state index in [9.17, 15) is 5.26 Å². The van der Waals surface area contributed by atoms with Crippen molar-refractivity contribution in [2.75, 3.05) is 0 Å². The summed E-state index contributed by atoms with van der Waals surface area (Å²) in [5, 5.41) is 11.8. The predicted molar refractivity (Wildman–Crippen MR) is 168 cm³/mol. The highest BCUT2D eigenvalue weighted by atomic mass is 14.8. The highest BCUT2D eigenvalue weighted by Crippen LogP contribution is 2.50. The molecule has 0 radical (unpaired) electrons. The quantitative estimate of drug-likeness (QED) is 0.167. The lowest BCUT2D eigenvalue weighted by Gasteiger charge is -2.22. The highest BCUT2D eigenvalue weighted by Gasteiger charge is 2.35. The fraction of sp³-hybridized carbons (Fsp3) is 0.0789. The number of hydrogen-bond acceptors (Lipinski definition) is 3. The third-order valence-corrected chi connectivity index (χ3v) is 8.66. The first-order valence-electron chi connectivity index (χ1n) is 13.9. The van der Waals surface area contributed by atoms with E-state index in [0.717, 1.165) is 38.6 Å². The Bertz CT molecular complexity index is 2250. The van der Waals surface area contributed by atoms with Crippen LogP contribution in [-0.2, 0) is 5.41 Å². The minimum atomic E-state index is -0.179. The van der Waals surface area contributed by atoms with Gasteiger partial charge in [-0.15, -0.1) is 0 Å². The smallest absolute Gasteiger partial charge is 0.0991 e. The van der Waals surface area contributed by atoms with Gasteiger partial charge in [0.1, 0.15) is 0 Å². The van der Waals surface area contributed by atoms with Crippen molar-refractivity contribution in [1.29, 1.82) is 5.26 Å². The Kier molecular flexibility index (Phi) is 4.93. The summed E-state index contributed by atoms with van der Waals surface area (Å²) in [5.74, 6) is 0. The minimum absolute atomic E-state index is 0.179. The first kappa shape index (κ1) is 23.5. The summed E-state index contributed by atoms with van der Waals surface area (Å²) in [5.41, 5.74) is 13.8. The van der Waals surface area contributed by atoms with Crippen molar-refractivity contribution in [1.82, 2.24) is 9.97 Å². The summed E-state index contributed by atoms with van der Waals surface area (Å²) in [7, 11) is 0. The molecule has 0 bridgehead atoms. The Morgan fingerprint density at radius 1 is 0.537 bits per heavy atom. The maximum atomic E-state index is 9.48. The molecule has 0 atom stereocenters. The largest absolute Gasteiger partial charge is 0.244 e. The Morgan fingerprint density at radius 3 is 2.00 bits per heavy atom. The van der Waals surface area contributed by atoms with Gasteiger partial charge in [-0.3, -0.25) is 0 Å². The van der Waals surface area contributed by atoms with Crippen LogP contribution in [0.15, 0.2) is 115 Å². The molecule has 8 rings (SSSR count). The molecular formula is C38H25N3. The average molecular weight is 524 g/mol. The number of hydrogen-bond donors (Lipinski definition) is 0. The third kappa shape index (κ3) is 3.51. The predicted octanol–water partition coefficient (Wildman–Crippen LogP) is 9.45. The van der Waals surface area contributed by atoms with Crippen LogP contribution in [0.5, 0.6) is 0 Å². The summed E-state index contributed by atoms with van der Waals surface area (Å²) in [6, 6.07) is 42.7.